The first-order valence-corrected chi connectivity index (χ1v) is 18.3. The van der Waals surface area contributed by atoms with Crippen LogP contribution in [0.25, 0.3) is 0 Å². The van der Waals surface area contributed by atoms with E-state index in [-0.39, 0.29) is 36.1 Å². The van der Waals surface area contributed by atoms with Crippen molar-refractivity contribution in [3.05, 3.63) is 0 Å². The molecule has 0 aromatic carbocycles. The third-order valence-electron chi connectivity index (χ3n) is 6.70. The third-order valence-corrected chi connectivity index (χ3v) is 12.2. The lowest BCUT2D eigenvalue weighted by molar-refractivity contribution is -0.332. The van der Waals surface area contributed by atoms with Gasteiger partial charge in [0.05, 0.1) is 12.2 Å². The molecule has 1 rings (SSSR count). The largest absolute Gasteiger partial charge is 0.403 e. The minimum atomic E-state index is -1.75. The summed E-state index contributed by atoms with van der Waals surface area (Å²) in [5.41, 5.74) is 3.52. The highest BCUT2D eigenvalue weighted by atomic mass is 28.4. The van der Waals surface area contributed by atoms with Gasteiger partial charge in [0.15, 0.2) is 14.1 Å². The summed E-state index contributed by atoms with van der Waals surface area (Å²) in [5.74, 6) is 6.49. The van der Waals surface area contributed by atoms with Gasteiger partial charge in [0.25, 0.3) is 0 Å². The number of terminal acetylenes is 1. The molecule has 178 valence electrons. The van der Waals surface area contributed by atoms with Crippen LogP contribution in [0.4, 0.5) is 0 Å². The van der Waals surface area contributed by atoms with Crippen LogP contribution in [-0.4, -0.2) is 40.5 Å². The molecule has 1 aliphatic rings. The minimum Gasteiger partial charge on any atom is -0.403 e. The zero-order valence-electron chi connectivity index (χ0n) is 22.1. The van der Waals surface area contributed by atoms with Gasteiger partial charge in [-0.25, -0.2) is 0 Å². The maximum atomic E-state index is 6.63. The Morgan fingerprint density at radius 1 is 1.00 bits per heavy atom. The minimum absolute atomic E-state index is 0.0423. The van der Waals surface area contributed by atoms with Gasteiger partial charge >= 0.3 is 0 Å². The average Bonchev–Trinajstić information content (AvgIpc) is 2.70. The van der Waals surface area contributed by atoms with Gasteiger partial charge in [0, 0.05) is 11.8 Å². The molecule has 1 unspecified atom stereocenters. The first-order valence-electron chi connectivity index (χ1n) is 12.2. The highest BCUT2D eigenvalue weighted by Gasteiger charge is 2.45. The zero-order valence-corrected chi connectivity index (χ0v) is 24.1. The van der Waals surface area contributed by atoms with E-state index in [9.17, 15) is 0 Å². The van der Waals surface area contributed by atoms with E-state index >= 15 is 0 Å². The van der Waals surface area contributed by atoms with Gasteiger partial charge < -0.3 is 13.9 Å². The monoisotopic (exact) mass is 464 g/mol. The molecule has 0 aromatic rings. The summed E-state index contributed by atoms with van der Waals surface area (Å²) in [6.07, 6.45) is 6.71. The van der Waals surface area contributed by atoms with Crippen LogP contribution in [0.3, 0.4) is 0 Å². The Hall–Kier alpha value is -0.566. The van der Waals surface area contributed by atoms with Crippen molar-refractivity contribution < 1.29 is 13.9 Å². The number of ether oxygens (including phenoxy) is 2. The Kier molecular flexibility index (Phi) is 10.6. The number of hydrogen-bond donors (Lipinski definition) is 0. The van der Waals surface area contributed by atoms with Crippen LogP contribution >= 0.6 is 0 Å². The van der Waals surface area contributed by atoms with E-state index in [2.05, 4.69) is 78.6 Å². The van der Waals surface area contributed by atoms with Crippen LogP contribution in [0.5, 0.6) is 0 Å². The van der Waals surface area contributed by atoms with Crippen LogP contribution in [0.2, 0.25) is 37.8 Å². The summed E-state index contributed by atoms with van der Waals surface area (Å²) in [7, 11) is -3.17. The highest BCUT2D eigenvalue weighted by molar-refractivity contribution is 6.83. The van der Waals surface area contributed by atoms with E-state index in [0.717, 1.165) is 24.6 Å². The lowest BCUT2D eigenvalue weighted by atomic mass is 9.81. The van der Waals surface area contributed by atoms with Gasteiger partial charge in [-0.15, -0.1) is 17.9 Å². The second-order valence-electron chi connectivity index (χ2n) is 11.0. The molecule has 0 radical (unpaired) electrons. The second kappa shape index (κ2) is 11.5. The van der Waals surface area contributed by atoms with Crippen molar-refractivity contribution in [1.82, 2.24) is 0 Å². The number of rotatable bonds is 9. The molecule has 6 atom stereocenters. The van der Waals surface area contributed by atoms with Crippen LogP contribution in [0.1, 0.15) is 61.8 Å². The molecule has 0 spiro atoms. The van der Waals surface area contributed by atoms with Gasteiger partial charge in [-0.3, -0.25) is 0 Å². The standard InChI is InChI=1S/C26H48O3Si2/c1-13-23(29-31(14-2,15-3)16-4)19-21(6)25-22(7)24(27-26(8,9)28-25)20(5)17-18-30(10,11)12/h1,20-25H,14-16,19H2,2-12H3/t20-,21-,22-,23+,24-,25?/m0/s1. The summed E-state index contributed by atoms with van der Waals surface area (Å²) >= 11 is 0. The second-order valence-corrected chi connectivity index (χ2v) is 20.4. The molecule has 0 amide bonds. The lowest BCUT2D eigenvalue weighted by Crippen LogP contribution is -2.54. The normalized spacial score (nSPS) is 26.8. The molecule has 3 nitrogen and oxygen atoms in total. The SMILES string of the molecule is C#C[C@H](C[C@H](C)C1OC(C)(C)O[C@@H]([C@@H](C)C#C[Si](C)(C)C)[C@@H]1C)O[Si](CC)(CC)CC. The van der Waals surface area contributed by atoms with Gasteiger partial charge in [0.2, 0.25) is 0 Å². The van der Waals surface area contributed by atoms with E-state index in [1.807, 2.05) is 13.8 Å². The van der Waals surface area contributed by atoms with E-state index in [4.69, 9.17) is 20.3 Å². The smallest absolute Gasteiger partial charge is 0.193 e. The van der Waals surface area contributed by atoms with E-state index in [1.54, 1.807) is 0 Å². The van der Waals surface area contributed by atoms with E-state index in [0.29, 0.717) is 0 Å². The lowest BCUT2D eigenvalue weighted by Gasteiger charge is -2.48. The predicted molar refractivity (Wildman–Crippen MR) is 138 cm³/mol. The Bertz CT molecular complexity index is 653. The molecule has 1 heterocycles. The van der Waals surface area contributed by atoms with Crippen molar-refractivity contribution in [3.8, 4) is 23.8 Å². The first-order chi connectivity index (χ1) is 14.2. The maximum Gasteiger partial charge on any atom is 0.193 e. The summed E-state index contributed by atoms with van der Waals surface area (Å²) in [4.78, 5) is 0. The van der Waals surface area contributed by atoms with Crippen molar-refractivity contribution in [2.45, 2.75) is 124 Å². The number of hydrogen-bond acceptors (Lipinski definition) is 3. The topological polar surface area (TPSA) is 27.7 Å². The van der Waals surface area contributed by atoms with Crippen LogP contribution in [0.15, 0.2) is 0 Å². The predicted octanol–water partition coefficient (Wildman–Crippen LogP) is 6.71. The molecule has 5 heteroatoms. The average molecular weight is 465 g/mol. The fraction of sp³-hybridized carbons (Fsp3) is 0.846. The Labute approximate surface area is 195 Å². The van der Waals surface area contributed by atoms with Crippen molar-refractivity contribution >= 4 is 16.4 Å². The van der Waals surface area contributed by atoms with E-state index < -0.39 is 22.2 Å². The maximum absolute atomic E-state index is 6.63. The van der Waals surface area contributed by atoms with E-state index in [1.165, 1.54) is 0 Å². The Morgan fingerprint density at radius 2 is 1.52 bits per heavy atom. The zero-order chi connectivity index (χ0) is 24.0. The fourth-order valence-corrected chi connectivity index (χ4v) is 8.04. The molecular formula is C26H48O3Si2. The van der Waals surface area contributed by atoms with Crippen molar-refractivity contribution in [3.63, 3.8) is 0 Å². The molecule has 0 saturated carbocycles. The molecule has 0 bridgehead atoms. The van der Waals surface area contributed by atoms with Crippen LogP contribution < -0.4 is 0 Å². The fourth-order valence-electron chi connectivity index (χ4n) is 4.61. The Morgan fingerprint density at radius 3 is 1.97 bits per heavy atom. The summed E-state index contributed by atoms with van der Waals surface area (Å²) in [5, 5.41) is 0. The van der Waals surface area contributed by atoms with Gasteiger partial charge in [-0.1, -0.05) is 60.2 Å². The molecule has 1 saturated heterocycles. The Balaban J connectivity index is 3.02. The summed E-state index contributed by atoms with van der Waals surface area (Å²) in [6, 6.07) is 3.33. The molecule has 0 aliphatic carbocycles. The van der Waals surface area contributed by atoms with Crippen molar-refractivity contribution in [2.24, 2.45) is 17.8 Å². The van der Waals surface area contributed by atoms with Gasteiger partial charge in [-0.05, 0) is 51.2 Å². The molecule has 0 aromatic heterocycles. The van der Waals surface area contributed by atoms with Crippen molar-refractivity contribution in [1.29, 1.82) is 0 Å². The molecule has 31 heavy (non-hydrogen) atoms. The summed E-state index contributed by atoms with van der Waals surface area (Å²) in [6.45, 7) is 24.3. The van der Waals surface area contributed by atoms with Gasteiger partial charge in [-0.2, -0.15) is 0 Å². The highest BCUT2D eigenvalue weighted by Crippen LogP contribution is 2.39. The van der Waals surface area contributed by atoms with Crippen LogP contribution in [-0.2, 0) is 13.9 Å². The molecule has 1 aliphatic heterocycles. The molecule has 1 fully saturated rings. The van der Waals surface area contributed by atoms with Crippen molar-refractivity contribution in [2.75, 3.05) is 0 Å². The molecular weight excluding hydrogens is 416 g/mol. The van der Waals surface area contributed by atoms with Gasteiger partial charge in [0.1, 0.15) is 14.2 Å². The van der Waals surface area contributed by atoms with Crippen LogP contribution in [0, 0.1) is 41.6 Å². The first kappa shape index (κ1) is 28.5. The quantitative estimate of drug-likeness (QED) is 0.280. The third kappa shape index (κ3) is 8.37. The molecule has 0 N–H and O–H groups in total. The summed E-state index contributed by atoms with van der Waals surface area (Å²) < 4.78 is 19.5.